The van der Waals surface area contributed by atoms with Crippen molar-refractivity contribution in [2.45, 2.75) is 46.0 Å². The molecule has 0 atom stereocenters. The van der Waals surface area contributed by atoms with Crippen LogP contribution in [0.5, 0.6) is 5.75 Å². The Balaban J connectivity index is 1.97. The molecule has 1 saturated carbocycles. The zero-order valence-electron chi connectivity index (χ0n) is 11.4. The van der Waals surface area contributed by atoms with Crippen LogP contribution in [0.4, 0.5) is 0 Å². The molecule has 0 spiro atoms. The number of carbonyl (C=O) groups is 1. The average molecular weight is 246 g/mol. The highest BCUT2D eigenvalue weighted by molar-refractivity contribution is 5.79. The number of ether oxygens (including phenoxy) is 1. The summed E-state index contributed by atoms with van der Waals surface area (Å²) in [5.74, 6) is 2.11. The molecular weight excluding hydrogens is 224 g/mol. The van der Waals surface area contributed by atoms with Crippen LogP contribution in [-0.2, 0) is 11.2 Å². The standard InChI is InChI=1S/C16H22O2/c1-3-18-16-9-6-14(10-12(16)2)11-13-4-7-15(17)8-5-13/h6,9-10,13H,3-5,7-8,11H2,1-2H3. The molecule has 1 aromatic carbocycles. The lowest BCUT2D eigenvalue weighted by molar-refractivity contribution is -0.121. The Morgan fingerprint density at radius 1 is 1.28 bits per heavy atom. The van der Waals surface area contributed by atoms with E-state index in [0.29, 0.717) is 18.3 Å². The highest BCUT2D eigenvalue weighted by Crippen LogP contribution is 2.27. The van der Waals surface area contributed by atoms with Crippen LogP contribution in [0.3, 0.4) is 0 Å². The van der Waals surface area contributed by atoms with Gasteiger partial charge in [0.15, 0.2) is 0 Å². The molecule has 1 aromatic rings. The molecule has 0 heterocycles. The molecule has 0 aromatic heterocycles. The van der Waals surface area contributed by atoms with E-state index in [4.69, 9.17) is 4.74 Å². The van der Waals surface area contributed by atoms with Gasteiger partial charge >= 0.3 is 0 Å². The summed E-state index contributed by atoms with van der Waals surface area (Å²) < 4.78 is 5.55. The van der Waals surface area contributed by atoms with Crippen molar-refractivity contribution >= 4 is 5.78 Å². The third kappa shape index (κ3) is 3.34. The van der Waals surface area contributed by atoms with E-state index in [1.807, 2.05) is 6.92 Å². The maximum Gasteiger partial charge on any atom is 0.132 e. The van der Waals surface area contributed by atoms with Crippen LogP contribution in [0.1, 0.15) is 43.7 Å². The molecule has 2 heteroatoms. The molecule has 18 heavy (non-hydrogen) atoms. The molecule has 2 rings (SSSR count). The molecule has 0 saturated heterocycles. The molecule has 0 bridgehead atoms. The molecule has 0 amide bonds. The first-order valence-corrected chi connectivity index (χ1v) is 6.93. The zero-order chi connectivity index (χ0) is 13.0. The summed E-state index contributed by atoms with van der Waals surface area (Å²) in [7, 11) is 0. The van der Waals surface area contributed by atoms with E-state index >= 15 is 0 Å². The Bertz CT molecular complexity index is 413. The molecule has 0 radical (unpaired) electrons. The Morgan fingerprint density at radius 2 is 2.00 bits per heavy atom. The van der Waals surface area contributed by atoms with Gasteiger partial charge in [-0.05, 0) is 56.2 Å². The number of rotatable bonds is 4. The quantitative estimate of drug-likeness (QED) is 0.809. The first kappa shape index (κ1) is 13.1. The van der Waals surface area contributed by atoms with Crippen LogP contribution in [0, 0.1) is 12.8 Å². The van der Waals surface area contributed by atoms with E-state index in [1.54, 1.807) is 0 Å². The number of Topliss-reactive ketones (excluding diaryl/α,β-unsaturated/α-hetero) is 1. The molecule has 1 aliphatic rings. The van der Waals surface area contributed by atoms with Gasteiger partial charge in [-0.15, -0.1) is 0 Å². The van der Waals surface area contributed by atoms with Crippen LogP contribution in [0.2, 0.25) is 0 Å². The fourth-order valence-electron chi connectivity index (χ4n) is 2.69. The number of benzene rings is 1. The summed E-state index contributed by atoms with van der Waals surface area (Å²) in [4.78, 5) is 11.2. The van der Waals surface area contributed by atoms with Crippen LogP contribution in [0.25, 0.3) is 0 Å². The molecule has 0 aliphatic heterocycles. The maximum atomic E-state index is 11.2. The lowest BCUT2D eigenvalue weighted by Gasteiger charge is -2.21. The van der Waals surface area contributed by atoms with Crippen molar-refractivity contribution in [3.63, 3.8) is 0 Å². The summed E-state index contributed by atoms with van der Waals surface area (Å²) in [5, 5.41) is 0. The number of hydrogen-bond acceptors (Lipinski definition) is 2. The molecule has 1 fully saturated rings. The predicted molar refractivity (Wildman–Crippen MR) is 73.0 cm³/mol. The van der Waals surface area contributed by atoms with E-state index in [1.165, 1.54) is 11.1 Å². The first-order valence-electron chi connectivity index (χ1n) is 6.93. The summed E-state index contributed by atoms with van der Waals surface area (Å²) in [6.45, 7) is 4.82. The fourth-order valence-corrected chi connectivity index (χ4v) is 2.69. The van der Waals surface area contributed by atoms with Gasteiger partial charge in [0.05, 0.1) is 6.61 Å². The Hall–Kier alpha value is -1.31. The maximum absolute atomic E-state index is 11.2. The minimum Gasteiger partial charge on any atom is -0.494 e. The smallest absolute Gasteiger partial charge is 0.132 e. The van der Waals surface area contributed by atoms with Crippen LogP contribution in [0.15, 0.2) is 18.2 Å². The van der Waals surface area contributed by atoms with E-state index in [2.05, 4.69) is 25.1 Å². The SMILES string of the molecule is CCOc1ccc(CC2CCC(=O)CC2)cc1C. The summed E-state index contributed by atoms with van der Waals surface area (Å²) in [6, 6.07) is 6.46. The molecule has 98 valence electrons. The van der Waals surface area contributed by atoms with Gasteiger partial charge in [-0.3, -0.25) is 4.79 Å². The minimum atomic E-state index is 0.439. The van der Waals surface area contributed by atoms with Crippen molar-refractivity contribution in [2.24, 2.45) is 5.92 Å². The fraction of sp³-hybridized carbons (Fsp3) is 0.562. The van der Waals surface area contributed by atoms with E-state index in [-0.39, 0.29) is 0 Å². The molecule has 0 unspecified atom stereocenters. The Morgan fingerprint density at radius 3 is 2.61 bits per heavy atom. The van der Waals surface area contributed by atoms with Crippen molar-refractivity contribution in [1.82, 2.24) is 0 Å². The second-order valence-corrected chi connectivity index (χ2v) is 5.22. The summed E-state index contributed by atoms with van der Waals surface area (Å²) in [6.07, 6.45) is 4.78. The van der Waals surface area contributed by atoms with E-state index in [9.17, 15) is 4.79 Å². The number of hydrogen-bond donors (Lipinski definition) is 0. The molecular formula is C16H22O2. The van der Waals surface area contributed by atoms with Crippen molar-refractivity contribution in [3.8, 4) is 5.75 Å². The second-order valence-electron chi connectivity index (χ2n) is 5.22. The predicted octanol–water partition coefficient (Wildman–Crippen LogP) is 3.70. The monoisotopic (exact) mass is 246 g/mol. The Labute approximate surface area is 109 Å². The number of aryl methyl sites for hydroxylation is 1. The van der Waals surface area contributed by atoms with Crippen molar-refractivity contribution in [2.75, 3.05) is 6.61 Å². The highest BCUT2D eigenvalue weighted by atomic mass is 16.5. The third-order valence-corrected chi connectivity index (χ3v) is 3.73. The molecule has 2 nitrogen and oxygen atoms in total. The van der Waals surface area contributed by atoms with Crippen LogP contribution < -0.4 is 4.74 Å². The normalized spacial score (nSPS) is 16.9. The summed E-state index contributed by atoms with van der Waals surface area (Å²) >= 11 is 0. The lowest BCUT2D eigenvalue weighted by atomic mass is 9.84. The van der Waals surface area contributed by atoms with Crippen molar-refractivity contribution in [3.05, 3.63) is 29.3 Å². The van der Waals surface area contributed by atoms with Crippen molar-refractivity contribution in [1.29, 1.82) is 0 Å². The molecule has 0 N–H and O–H groups in total. The van der Waals surface area contributed by atoms with E-state index in [0.717, 1.165) is 37.9 Å². The van der Waals surface area contributed by atoms with Crippen LogP contribution >= 0.6 is 0 Å². The molecule has 1 aliphatic carbocycles. The average Bonchev–Trinajstić information content (AvgIpc) is 2.36. The number of ketones is 1. The largest absolute Gasteiger partial charge is 0.494 e. The van der Waals surface area contributed by atoms with Gasteiger partial charge in [0, 0.05) is 12.8 Å². The first-order chi connectivity index (χ1) is 8.69. The van der Waals surface area contributed by atoms with Gasteiger partial charge in [-0.25, -0.2) is 0 Å². The Kier molecular flexibility index (Phi) is 4.40. The zero-order valence-corrected chi connectivity index (χ0v) is 11.4. The highest BCUT2D eigenvalue weighted by Gasteiger charge is 2.19. The van der Waals surface area contributed by atoms with Gasteiger partial charge < -0.3 is 4.74 Å². The lowest BCUT2D eigenvalue weighted by Crippen LogP contribution is -2.15. The van der Waals surface area contributed by atoms with Crippen LogP contribution in [-0.4, -0.2) is 12.4 Å². The van der Waals surface area contributed by atoms with Gasteiger partial charge in [0.2, 0.25) is 0 Å². The van der Waals surface area contributed by atoms with E-state index < -0.39 is 0 Å². The topological polar surface area (TPSA) is 26.3 Å². The van der Waals surface area contributed by atoms with Gasteiger partial charge in [-0.1, -0.05) is 12.1 Å². The minimum absolute atomic E-state index is 0.439. The van der Waals surface area contributed by atoms with Gasteiger partial charge in [0.1, 0.15) is 11.5 Å². The van der Waals surface area contributed by atoms with Crippen molar-refractivity contribution < 1.29 is 9.53 Å². The third-order valence-electron chi connectivity index (χ3n) is 3.73. The van der Waals surface area contributed by atoms with Gasteiger partial charge in [-0.2, -0.15) is 0 Å². The van der Waals surface area contributed by atoms with Gasteiger partial charge in [0.25, 0.3) is 0 Å². The summed E-state index contributed by atoms with van der Waals surface area (Å²) in [5.41, 5.74) is 2.58. The number of carbonyl (C=O) groups excluding carboxylic acids is 1. The second kappa shape index (κ2) is 6.03.